The van der Waals surface area contributed by atoms with Gasteiger partial charge in [-0.3, -0.25) is 4.40 Å². The molecule has 0 amide bonds. The summed E-state index contributed by atoms with van der Waals surface area (Å²) in [7, 11) is 0. The van der Waals surface area contributed by atoms with E-state index in [2.05, 4.69) is 22.3 Å². The van der Waals surface area contributed by atoms with Crippen LogP contribution in [0.1, 0.15) is 62.7 Å². The van der Waals surface area contributed by atoms with Gasteiger partial charge >= 0.3 is 0 Å². The predicted octanol–water partition coefficient (Wildman–Crippen LogP) is 3.91. The van der Waals surface area contributed by atoms with Crippen LogP contribution in [0.2, 0.25) is 0 Å². The van der Waals surface area contributed by atoms with Gasteiger partial charge in [0.15, 0.2) is 11.5 Å². The smallest absolute Gasteiger partial charge is 0.169 e. The second-order valence-electron chi connectivity index (χ2n) is 7.48. The monoisotopic (exact) mass is 366 g/mol. The number of hydrogen-bond acceptors (Lipinski definition) is 5. The molecule has 0 fully saturated rings. The van der Waals surface area contributed by atoms with Crippen LogP contribution in [0.3, 0.4) is 0 Å². The summed E-state index contributed by atoms with van der Waals surface area (Å²) >= 11 is 0. The summed E-state index contributed by atoms with van der Waals surface area (Å²) < 4.78 is 14.2. The fraction of sp³-hybridized carbons (Fsp3) is 0.429. The summed E-state index contributed by atoms with van der Waals surface area (Å²) in [6.45, 7) is 6.58. The average molecular weight is 366 g/mol. The van der Waals surface area contributed by atoms with E-state index in [4.69, 9.17) is 15.2 Å². The van der Waals surface area contributed by atoms with E-state index in [-0.39, 0.29) is 12.1 Å². The summed E-state index contributed by atoms with van der Waals surface area (Å²) in [6.07, 6.45) is 3.76. The standard InChI is InChI=1S/C21H26N4O2/c1-4-26-21(2,3)20-24-23-19-12-9-14(13-25(19)20)27-18-11-10-17(22)15-7-5-6-8-16(15)18/h5-9,12-13,17-18H,4,10-11,22H2,1-3H3/t17-,18+/m0/s1. The van der Waals surface area contributed by atoms with Gasteiger partial charge in [-0.1, -0.05) is 24.3 Å². The van der Waals surface area contributed by atoms with Crippen molar-refractivity contribution < 1.29 is 9.47 Å². The maximum atomic E-state index is 6.36. The van der Waals surface area contributed by atoms with Gasteiger partial charge in [-0.05, 0) is 56.9 Å². The SMILES string of the molecule is CCOC(C)(C)c1nnc2ccc(O[C@@H]3CC[C@H](N)c4ccccc43)cn12. The zero-order chi connectivity index (χ0) is 19.0. The Morgan fingerprint density at radius 1 is 1.11 bits per heavy atom. The molecule has 2 aromatic heterocycles. The zero-order valence-electron chi connectivity index (χ0n) is 16.1. The van der Waals surface area contributed by atoms with Crippen LogP contribution in [-0.2, 0) is 10.3 Å². The Labute approximate surface area is 159 Å². The van der Waals surface area contributed by atoms with Gasteiger partial charge in [0, 0.05) is 12.6 Å². The molecule has 27 heavy (non-hydrogen) atoms. The molecule has 2 N–H and O–H groups in total. The largest absolute Gasteiger partial charge is 0.484 e. The maximum Gasteiger partial charge on any atom is 0.169 e. The van der Waals surface area contributed by atoms with Crippen LogP contribution < -0.4 is 10.5 Å². The number of nitrogens with two attached hydrogens (primary N) is 1. The molecule has 0 saturated carbocycles. The molecule has 1 aromatic carbocycles. The van der Waals surface area contributed by atoms with Crippen molar-refractivity contribution >= 4 is 5.65 Å². The molecule has 2 heterocycles. The second-order valence-corrected chi connectivity index (χ2v) is 7.48. The number of ether oxygens (including phenoxy) is 2. The van der Waals surface area contributed by atoms with E-state index in [0.29, 0.717) is 6.61 Å². The van der Waals surface area contributed by atoms with Gasteiger partial charge in [-0.25, -0.2) is 0 Å². The third-order valence-electron chi connectivity index (χ3n) is 5.18. The summed E-state index contributed by atoms with van der Waals surface area (Å²) in [5, 5.41) is 8.60. The molecule has 1 aliphatic carbocycles. The lowest BCUT2D eigenvalue weighted by Gasteiger charge is -2.30. The minimum absolute atomic E-state index is 0.00159. The summed E-state index contributed by atoms with van der Waals surface area (Å²) in [5.74, 6) is 1.54. The van der Waals surface area contributed by atoms with Crippen molar-refractivity contribution in [3.05, 3.63) is 59.5 Å². The normalized spacial score (nSPS) is 19.9. The van der Waals surface area contributed by atoms with Crippen molar-refractivity contribution in [3.63, 3.8) is 0 Å². The molecular weight excluding hydrogens is 340 g/mol. The van der Waals surface area contributed by atoms with Gasteiger partial charge in [0.2, 0.25) is 0 Å². The van der Waals surface area contributed by atoms with Gasteiger partial charge in [-0.2, -0.15) is 0 Å². The minimum Gasteiger partial charge on any atom is -0.484 e. The molecule has 0 radical (unpaired) electrons. The third kappa shape index (κ3) is 3.31. The first-order valence-corrected chi connectivity index (χ1v) is 9.50. The number of hydrogen-bond donors (Lipinski definition) is 1. The number of aromatic nitrogens is 3. The Morgan fingerprint density at radius 3 is 2.67 bits per heavy atom. The Bertz CT molecular complexity index is 950. The lowest BCUT2D eigenvalue weighted by Crippen LogP contribution is -2.25. The molecule has 0 aliphatic heterocycles. The number of pyridine rings is 1. The van der Waals surface area contributed by atoms with Crippen molar-refractivity contribution in [1.82, 2.24) is 14.6 Å². The van der Waals surface area contributed by atoms with Crippen LogP contribution in [0.4, 0.5) is 0 Å². The molecule has 2 atom stereocenters. The quantitative estimate of drug-likeness (QED) is 0.741. The molecule has 0 spiro atoms. The topological polar surface area (TPSA) is 74.7 Å². The van der Waals surface area contributed by atoms with E-state index in [1.165, 1.54) is 11.1 Å². The van der Waals surface area contributed by atoms with Crippen molar-refractivity contribution in [1.29, 1.82) is 0 Å². The first-order valence-electron chi connectivity index (χ1n) is 9.50. The van der Waals surface area contributed by atoms with Gasteiger partial charge in [0.05, 0.1) is 6.20 Å². The van der Waals surface area contributed by atoms with E-state index < -0.39 is 5.60 Å². The molecule has 0 bridgehead atoms. The van der Waals surface area contributed by atoms with Gasteiger partial charge in [0.1, 0.15) is 17.5 Å². The van der Waals surface area contributed by atoms with Crippen LogP contribution in [-0.4, -0.2) is 21.2 Å². The van der Waals surface area contributed by atoms with Crippen LogP contribution in [0.5, 0.6) is 5.75 Å². The molecule has 142 valence electrons. The van der Waals surface area contributed by atoms with Crippen molar-refractivity contribution in [2.24, 2.45) is 5.73 Å². The summed E-state index contributed by atoms with van der Waals surface area (Å²) in [4.78, 5) is 0. The van der Waals surface area contributed by atoms with Crippen LogP contribution in [0.15, 0.2) is 42.6 Å². The number of rotatable bonds is 5. The summed E-state index contributed by atoms with van der Waals surface area (Å²) in [5.41, 5.74) is 8.87. The maximum absolute atomic E-state index is 6.36. The molecular formula is C21H26N4O2. The van der Waals surface area contributed by atoms with Crippen molar-refractivity contribution in [2.75, 3.05) is 6.61 Å². The highest BCUT2D eigenvalue weighted by molar-refractivity contribution is 5.43. The van der Waals surface area contributed by atoms with Gasteiger partial charge in [0.25, 0.3) is 0 Å². The second kappa shape index (κ2) is 6.94. The van der Waals surface area contributed by atoms with E-state index in [9.17, 15) is 0 Å². The van der Waals surface area contributed by atoms with Gasteiger partial charge < -0.3 is 15.2 Å². The Hall–Kier alpha value is -2.44. The zero-order valence-corrected chi connectivity index (χ0v) is 16.1. The van der Waals surface area contributed by atoms with E-state index in [0.717, 1.165) is 30.1 Å². The highest BCUT2D eigenvalue weighted by Gasteiger charge is 2.28. The predicted molar refractivity (Wildman–Crippen MR) is 104 cm³/mol. The van der Waals surface area contributed by atoms with E-state index in [1.54, 1.807) is 0 Å². The number of nitrogens with zero attached hydrogens (tertiary/aromatic N) is 3. The molecule has 0 unspecified atom stereocenters. The third-order valence-corrected chi connectivity index (χ3v) is 5.18. The number of fused-ring (bicyclic) bond motifs is 2. The Kier molecular flexibility index (Phi) is 4.61. The highest BCUT2D eigenvalue weighted by Crippen LogP contribution is 2.37. The molecule has 4 rings (SSSR count). The molecule has 3 aromatic rings. The van der Waals surface area contributed by atoms with Crippen LogP contribution in [0, 0.1) is 0 Å². The van der Waals surface area contributed by atoms with Crippen molar-refractivity contribution in [2.45, 2.75) is 51.4 Å². The average Bonchev–Trinajstić information content (AvgIpc) is 3.08. The first-order chi connectivity index (χ1) is 13.0. The Balaban J connectivity index is 1.67. The highest BCUT2D eigenvalue weighted by atomic mass is 16.5. The van der Waals surface area contributed by atoms with E-state index >= 15 is 0 Å². The lowest BCUT2D eigenvalue weighted by molar-refractivity contribution is -0.0215. The first kappa shape index (κ1) is 17.9. The van der Waals surface area contributed by atoms with Gasteiger partial charge in [-0.15, -0.1) is 10.2 Å². The van der Waals surface area contributed by atoms with Crippen molar-refractivity contribution in [3.8, 4) is 5.75 Å². The molecule has 6 heteroatoms. The molecule has 6 nitrogen and oxygen atoms in total. The molecule has 0 saturated heterocycles. The lowest BCUT2D eigenvalue weighted by atomic mass is 9.86. The van der Waals surface area contributed by atoms with Crippen LogP contribution >= 0.6 is 0 Å². The Morgan fingerprint density at radius 2 is 1.89 bits per heavy atom. The summed E-state index contributed by atoms with van der Waals surface area (Å²) in [6, 6.07) is 12.2. The number of benzene rings is 1. The molecule has 1 aliphatic rings. The van der Waals surface area contributed by atoms with E-state index in [1.807, 2.05) is 55.6 Å². The fourth-order valence-corrected chi connectivity index (χ4v) is 3.85. The minimum atomic E-state index is -0.531. The fourth-order valence-electron chi connectivity index (χ4n) is 3.85. The van der Waals surface area contributed by atoms with Crippen LogP contribution in [0.25, 0.3) is 5.65 Å².